The fourth-order valence-electron chi connectivity index (χ4n) is 1.72. The Kier molecular flexibility index (Phi) is 2.85. The number of nitrogens with zero attached hydrogens (tertiary/aromatic N) is 3. The molecule has 0 atom stereocenters. The van der Waals surface area contributed by atoms with E-state index in [1.807, 2.05) is 16.7 Å². The monoisotopic (exact) mass is 260 g/mol. The number of hydrogen-bond donors (Lipinski definition) is 1. The van der Waals surface area contributed by atoms with Gasteiger partial charge in [-0.2, -0.15) is 4.98 Å². The molecular weight excluding hydrogens is 248 g/mol. The summed E-state index contributed by atoms with van der Waals surface area (Å²) in [7, 11) is 0. The number of fused-ring (bicyclic) bond motifs is 1. The van der Waals surface area contributed by atoms with Gasteiger partial charge in [-0.1, -0.05) is 6.07 Å². The lowest BCUT2D eigenvalue weighted by molar-refractivity contribution is 0.313. The first-order valence-corrected chi connectivity index (χ1v) is 6.45. The highest BCUT2D eigenvalue weighted by atomic mass is 32.1. The van der Waals surface area contributed by atoms with Gasteiger partial charge in [0.25, 0.3) is 5.88 Å². The van der Waals surface area contributed by atoms with Gasteiger partial charge in [-0.3, -0.25) is 4.40 Å². The van der Waals surface area contributed by atoms with Crippen molar-refractivity contribution in [2.45, 2.75) is 6.42 Å². The maximum Gasteiger partial charge on any atom is 0.260 e. The van der Waals surface area contributed by atoms with E-state index >= 15 is 0 Å². The molecule has 0 saturated heterocycles. The van der Waals surface area contributed by atoms with Crippen molar-refractivity contribution < 1.29 is 4.74 Å². The van der Waals surface area contributed by atoms with Crippen LogP contribution in [0.2, 0.25) is 0 Å². The van der Waals surface area contributed by atoms with E-state index in [0.29, 0.717) is 24.0 Å². The molecule has 0 aliphatic rings. The van der Waals surface area contributed by atoms with Crippen LogP contribution in [0, 0.1) is 0 Å². The van der Waals surface area contributed by atoms with Crippen LogP contribution in [0.4, 0.5) is 5.82 Å². The van der Waals surface area contributed by atoms with Crippen LogP contribution in [0.25, 0.3) is 5.65 Å². The quantitative estimate of drug-likeness (QED) is 0.779. The van der Waals surface area contributed by atoms with E-state index in [1.54, 1.807) is 23.7 Å². The molecule has 0 aliphatic heterocycles. The van der Waals surface area contributed by atoms with Crippen LogP contribution in [0.5, 0.6) is 5.88 Å². The molecule has 5 nitrogen and oxygen atoms in total. The van der Waals surface area contributed by atoms with Gasteiger partial charge >= 0.3 is 0 Å². The zero-order valence-corrected chi connectivity index (χ0v) is 10.4. The minimum Gasteiger partial charge on any atom is -0.475 e. The van der Waals surface area contributed by atoms with Crippen molar-refractivity contribution in [3.63, 3.8) is 0 Å². The molecule has 2 N–H and O–H groups in total. The van der Waals surface area contributed by atoms with Crippen LogP contribution >= 0.6 is 11.3 Å². The van der Waals surface area contributed by atoms with Crippen molar-refractivity contribution in [2.24, 2.45) is 0 Å². The Balaban J connectivity index is 1.75. The molecule has 0 spiro atoms. The van der Waals surface area contributed by atoms with Gasteiger partial charge in [-0.25, -0.2) is 4.98 Å². The van der Waals surface area contributed by atoms with Crippen molar-refractivity contribution in [2.75, 3.05) is 12.3 Å². The summed E-state index contributed by atoms with van der Waals surface area (Å²) in [5.41, 5.74) is 6.40. The van der Waals surface area contributed by atoms with Crippen LogP contribution in [0.1, 0.15) is 4.88 Å². The Morgan fingerprint density at radius 2 is 2.39 bits per heavy atom. The van der Waals surface area contributed by atoms with Gasteiger partial charge in [0.05, 0.1) is 12.8 Å². The van der Waals surface area contributed by atoms with Crippen molar-refractivity contribution >= 4 is 22.8 Å². The van der Waals surface area contributed by atoms with Gasteiger partial charge in [0.2, 0.25) is 5.65 Å². The van der Waals surface area contributed by atoms with Crippen molar-refractivity contribution in [1.29, 1.82) is 0 Å². The first kappa shape index (κ1) is 11.0. The zero-order chi connectivity index (χ0) is 12.4. The average molecular weight is 260 g/mol. The Bertz CT molecular complexity index is 647. The summed E-state index contributed by atoms with van der Waals surface area (Å²) in [4.78, 5) is 9.66. The maximum atomic E-state index is 5.71. The summed E-state index contributed by atoms with van der Waals surface area (Å²) < 4.78 is 7.47. The van der Waals surface area contributed by atoms with Crippen LogP contribution in [0.15, 0.2) is 36.1 Å². The fraction of sp³-hybridized carbons (Fsp3) is 0.167. The smallest absolute Gasteiger partial charge is 0.260 e. The lowest BCUT2D eigenvalue weighted by atomic mass is 10.4. The van der Waals surface area contributed by atoms with Gasteiger partial charge in [0.15, 0.2) is 0 Å². The van der Waals surface area contributed by atoms with Crippen LogP contribution in [-0.2, 0) is 6.42 Å². The number of nitrogen functional groups attached to an aromatic ring is 1. The predicted molar refractivity (Wildman–Crippen MR) is 70.9 cm³/mol. The first-order valence-electron chi connectivity index (χ1n) is 5.57. The second-order valence-electron chi connectivity index (χ2n) is 3.81. The number of anilines is 1. The molecule has 92 valence electrons. The van der Waals surface area contributed by atoms with Crippen molar-refractivity contribution in [3.05, 3.63) is 41.0 Å². The highest BCUT2D eigenvalue weighted by molar-refractivity contribution is 7.09. The Morgan fingerprint density at radius 1 is 1.44 bits per heavy atom. The summed E-state index contributed by atoms with van der Waals surface area (Å²) in [6, 6.07) is 4.12. The number of hydrogen-bond acceptors (Lipinski definition) is 5. The predicted octanol–water partition coefficient (Wildman–Crippen LogP) is 1.99. The van der Waals surface area contributed by atoms with E-state index in [4.69, 9.17) is 10.5 Å². The SMILES string of the molecule is Nc1cn2ccnc2c(OCCc2cccs2)n1. The number of thiophene rings is 1. The van der Waals surface area contributed by atoms with Crippen LogP contribution in [0.3, 0.4) is 0 Å². The van der Waals surface area contributed by atoms with E-state index in [9.17, 15) is 0 Å². The molecule has 3 heterocycles. The maximum absolute atomic E-state index is 5.71. The van der Waals surface area contributed by atoms with Crippen molar-refractivity contribution in [1.82, 2.24) is 14.4 Å². The third-order valence-corrected chi connectivity index (χ3v) is 3.47. The molecule has 0 aliphatic carbocycles. The van der Waals surface area contributed by atoms with Gasteiger partial charge < -0.3 is 10.5 Å². The second-order valence-corrected chi connectivity index (χ2v) is 4.84. The third kappa shape index (κ3) is 2.14. The Hall–Kier alpha value is -2.08. The fourth-order valence-corrected chi connectivity index (χ4v) is 2.41. The molecule has 6 heteroatoms. The van der Waals surface area contributed by atoms with E-state index in [1.165, 1.54) is 4.88 Å². The van der Waals surface area contributed by atoms with Crippen molar-refractivity contribution in [3.8, 4) is 5.88 Å². The van der Waals surface area contributed by atoms with Crippen LogP contribution in [-0.4, -0.2) is 21.0 Å². The molecule has 0 radical (unpaired) electrons. The normalized spacial score (nSPS) is 10.9. The minimum absolute atomic E-state index is 0.423. The zero-order valence-electron chi connectivity index (χ0n) is 9.61. The summed E-state index contributed by atoms with van der Waals surface area (Å²) in [5.74, 6) is 0.906. The lowest BCUT2D eigenvalue weighted by Crippen LogP contribution is -2.05. The van der Waals surface area contributed by atoms with Gasteiger partial charge in [-0.05, 0) is 11.4 Å². The van der Waals surface area contributed by atoms with E-state index in [-0.39, 0.29) is 0 Å². The molecule has 3 aromatic rings. The topological polar surface area (TPSA) is 65.4 Å². The summed E-state index contributed by atoms with van der Waals surface area (Å²) in [5, 5.41) is 2.06. The molecule has 0 amide bonds. The number of nitrogens with two attached hydrogens (primary N) is 1. The number of rotatable bonds is 4. The molecule has 0 unspecified atom stereocenters. The molecule has 18 heavy (non-hydrogen) atoms. The number of imidazole rings is 1. The number of ether oxygens (including phenoxy) is 1. The van der Waals surface area contributed by atoms with E-state index in [2.05, 4.69) is 21.4 Å². The van der Waals surface area contributed by atoms with E-state index in [0.717, 1.165) is 6.42 Å². The average Bonchev–Trinajstić information content (AvgIpc) is 2.98. The van der Waals surface area contributed by atoms with E-state index < -0.39 is 0 Å². The van der Waals surface area contributed by atoms with Gasteiger partial charge in [-0.15, -0.1) is 11.3 Å². The third-order valence-electron chi connectivity index (χ3n) is 2.53. The highest BCUT2D eigenvalue weighted by Crippen LogP contribution is 2.17. The number of aromatic nitrogens is 3. The highest BCUT2D eigenvalue weighted by Gasteiger charge is 2.07. The lowest BCUT2D eigenvalue weighted by Gasteiger charge is -2.06. The Labute approximate surface area is 108 Å². The second kappa shape index (κ2) is 4.66. The molecule has 0 bridgehead atoms. The summed E-state index contributed by atoms with van der Waals surface area (Å²) in [6.07, 6.45) is 6.09. The minimum atomic E-state index is 0.423. The molecular formula is C12H12N4OS. The molecule has 0 saturated carbocycles. The molecule has 0 aromatic carbocycles. The van der Waals surface area contributed by atoms with Gasteiger partial charge in [0.1, 0.15) is 5.82 Å². The summed E-state index contributed by atoms with van der Waals surface area (Å²) >= 11 is 1.72. The van der Waals surface area contributed by atoms with Crippen LogP contribution < -0.4 is 10.5 Å². The Morgan fingerprint density at radius 3 is 3.22 bits per heavy atom. The summed E-state index contributed by atoms with van der Waals surface area (Å²) in [6.45, 7) is 0.569. The molecule has 3 aromatic heterocycles. The van der Waals surface area contributed by atoms with Gasteiger partial charge in [0, 0.05) is 23.7 Å². The largest absolute Gasteiger partial charge is 0.475 e. The first-order chi connectivity index (χ1) is 8.83. The standard InChI is InChI=1S/C12H12N4OS/c13-10-8-16-5-4-14-11(16)12(15-10)17-6-3-9-2-1-7-18-9/h1-2,4-5,7-8H,3,6,13H2. The molecule has 0 fully saturated rings. The molecule has 3 rings (SSSR count).